The van der Waals surface area contributed by atoms with E-state index in [1.165, 1.54) is 0 Å². The topological polar surface area (TPSA) is 119 Å². The lowest BCUT2D eigenvalue weighted by Gasteiger charge is -2.27. The molecule has 10 heteroatoms. The van der Waals surface area contributed by atoms with Gasteiger partial charge in [0.25, 0.3) is 0 Å². The van der Waals surface area contributed by atoms with Gasteiger partial charge in [0.05, 0.1) is 41.2 Å². The van der Waals surface area contributed by atoms with Crippen LogP contribution in [0, 0.1) is 0 Å². The van der Waals surface area contributed by atoms with E-state index in [0.717, 1.165) is 70.7 Å². The summed E-state index contributed by atoms with van der Waals surface area (Å²) in [6, 6.07) is 10.6. The average Bonchev–Trinajstić information content (AvgIpc) is 3.52. The fourth-order valence-corrected chi connectivity index (χ4v) is 5.13. The van der Waals surface area contributed by atoms with Gasteiger partial charge in [-0.3, -0.25) is 15.2 Å². The van der Waals surface area contributed by atoms with Gasteiger partial charge >= 0.3 is 6.03 Å². The van der Waals surface area contributed by atoms with E-state index in [-0.39, 0.29) is 12.1 Å². The molecule has 1 aliphatic heterocycles. The van der Waals surface area contributed by atoms with Gasteiger partial charge in [-0.05, 0) is 48.7 Å². The molecule has 1 saturated heterocycles. The summed E-state index contributed by atoms with van der Waals surface area (Å²) in [7, 11) is 0. The van der Waals surface area contributed by atoms with E-state index >= 15 is 0 Å². The van der Waals surface area contributed by atoms with Crippen LogP contribution in [0.2, 0.25) is 0 Å². The van der Waals surface area contributed by atoms with Crippen molar-refractivity contribution in [2.24, 2.45) is 4.99 Å². The Balaban J connectivity index is 1.48. The number of hydrogen-bond donors (Lipinski definition) is 3. The smallest absolute Gasteiger partial charge is 0.328 e. The zero-order valence-corrected chi connectivity index (χ0v) is 17.9. The first-order chi connectivity index (χ1) is 15.7. The number of H-pyrrole nitrogens is 1. The number of urea groups is 1. The SMILES string of the molecule is O=C1NC(=NC2CCCCC2O)C(c2ccc3nsnc3c2)N1c1ccc2[nH]cnc2c1. The largest absolute Gasteiger partial charge is 0.391 e. The lowest BCUT2D eigenvalue weighted by Crippen LogP contribution is -2.32. The number of amides is 2. The minimum Gasteiger partial charge on any atom is -0.391 e. The third-order valence-corrected chi connectivity index (χ3v) is 6.80. The maximum atomic E-state index is 13.2. The number of amidine groups is 1. The molecule has 3 N–H and O–H groups in total. The van der Waals surface area contributed by atoms with E-state index in [2.05, 4.69) is 24.0 Å². The Bertz CT molecular complexity index is 1350. The van der Waals surface area contributed by atoms with E-state index in [1.54, 1.807) is 11.2 Å². The van der Waals surface area contributed by atoms with Crippen LogP contribution in [-0.2, 0) is 0 Å². The molecule has 3 atom stereocenters. The summed E-state index contributed by atoms with van der Waals surface area (Å²) in [6.07, 6.45) is 4.71. The number of carbonyl (C=O) groups is 1. The number of fused-ring (bicyclic) bond motifs is 2. The Labute approximate surface area is 187 Å². The first-order valence-electron chi connectivity index (χ1n) is 10.7. The molecule has 1 aliphatic carbocycles. The van der Waals surface area contributed by atoms with Crippen molar-refractivity contribution in [2.45, 2.75) is 43.9 Å². The predicted octanol–water partition coefficient (Wildman–Crippen LogP) is 3.54. The Morgan fingerprint density at radius 1 is 1.06 bits per heavy atom. The normalized spacial score (nSPS) is 25.2. The molecule has 0 bridgehead atoms. The molecule has 162 valence electrons. The van der Waals surface area contributed by atoms with Crippen LogP contribution in [0.25, 0.3) is 22.1 Å². The van der Waals surface area contributed by atoms with Crippen molar-refractivity contribution in [3.8, 4) is 0 Å². The molecular formula is C22H21N7O2S. The number of nitrogens with zero attached hydrogens (tertiary/aromatic N) is 5. The third kappa shape index (κ3) is 3.23. The number of anilines is 1. The third-order valence-electron chi connectivity index (χ3n) is 6.25. The van der Waals surface area contributed by atoms with Gasteiger partial charge in [-0.25, -0.2) is 9.78 Å². The van der Waals surface area contributed by atoms with Crippen molar-refractivity contribution < 1.29 is 9.90 Å². The molecule has 0 radical (unpaired) electrons. The Morgan fingerprint density at radius 3 is 2.84 bits per heavy atom. The summed E-state index contributed by atoms with van der Waals surface area (Å²) >= 11 is 1.16. The van der Waals surface area contributed by atoms with Gasteiger partial charge in [0.15, 0.2) is 0 Å². The molecule has 9 nitrogen and oxygen atoms in total. The maximum Gasteiger partial charge on any atom is 0.328 e. The molecule has 4 aromatic rings. The molecule has 32 heavy (non-hydrogen) atoms. The molecule has 2 fully saturated rings. The summed E-state index contributed by atoms with van der Waals surface area (Å²) in [5, 5.41) is 13.4. The van der Waals surface area contributed by atoms with Crippen molar-refractivity contribution >= 4 is 51.3 Å². The van der Waals surface area contributed by atoms with E-state index in [9.17, 15) is 9.90 Å². The van der Waals surface area contributed by atoms with Gasteiger partial charge in [-0.2, -0.15) is 8.75 Å². The highest BCUT2D eigenvalue weighted by Gasteiger charge is 2.40. The number of nitrogens with one attached hydrogen (secondary N) is 2. The molecule has 3 heterocycles. The molecule has 6 rings (SSSR count). The van der Waals surface area contributed by atoms with Gasteiger partial charge in [0.1, 0.15) is 22.9 Å². The molecule has 1 saturated carbocycles. The second kappa shape index (κ2) is 7.64. The van der Waals surface area contributed by atoms with Gasteiger partial charge in [-0.1, -0.05) is 18.9 Å². The molecule has 2 aromatic carbocycles. The number of aliphatic hydroxyl groups is 1. The first kappa shape index (κ1) is 19.3. The number of aliphatic hydroxyl groups excluding tert-OH is 1. The van der Waals surface area contributed by atoms with Crippen LogP contribution < -0.4 is 10.2 Å². The van der Waals surface area contributed by atoms with E-state index in [4.69, 9.17) is 4.99 Å². The number of aliphatic imine (C=N–C) groups is 1. The van der Waals surface area contributed by atoms with Gasteiger partial charge in [-0.15, -0.1) is 0 Å². The zero-order valence-electron chi connectivity index (χ0n) is 17.1. The van der Waals surface area contributed by atoms with Crippen molar-refractivity contribution in [3.63, 3.8) is 0 Å². The van der Waals surface area contributed by atoms with Crippen molar-refractivity contribution in [1.82, 2.24) is 24.0 Å². The maximum absolute atomic E-state index is 13.2. The van der Waals surface area contributed by atoms with Crippen LogP contribution in [0.1, 0.15) is 37.3 Å². The lowest BCUT2D eigenvalue weighted by molar-refractivity contribution is 0.109. The van der Waals surface area contributed by atoms with Gasteiger partial charge < -0.3 is 10.1 Å². The van der Waals surface area contributed by atoms with Crippen LogP contribution >= 0.6 is 11.7 Å². The van der Waals surface area contributed by atoms with Crippen LogP contribution in [0.4, 0.5) is 10.5 Å². The minimum absolute atomic E-state index is 0.222. The summed E-state index contributed by atoms with van der Waals surface area (Å²) in [5.41, 5.74) is 4.89. The second-order valence-electron chi connectivity index (χ2n) is 8.25. The molecular weight excluding hydrogens is 426 g/mol. The Morgan fingerprint density at radius 2 is 1.94 bits per heavy atom. The van der Waals surface area contributed by atoms with Crippen molar-refractivity contribution in [1.29, 1.82) is 0 Å². The number of aromatic amines is 1. The fourth-order valence-electron chi connectivity index (χ4n) is 4.61. The number of hydrogen-bond acceptors (Lipinski definition) is 7. The minimum atomic E-state index is -0.492. The van der Waals surface area contributed by atoms with Gasteiger partial charge in [0, 0.05) is 5.69 Å². The van der Waals surface area contributed by atoms with E-state index in [1.807, 2.05) is 36.4 Å². The molecule has 2 aliphatic rings. The lowest BCUT2D eigenvalue weighted by atomic mass is 9.93. The molecule has 3 unspecified atom stereocenters. The highest BCUT2D eigenvalue weighted by molar-refractivity contribution is 7.00. The molecule has 0 spiro atoms. The number of benzene rings is 2. The average molecular weight is 448 g/mol. The summed E-state index contributed by atoms with van der Waals surface area (Å²) in [4.78, 5) is 27.2. The summed E-state index contributed by atoms with van der Waals surface area (Å²) in [5.74, 6) is 0.547. The van der Waals surface area contributed by atoms with Crippen LogP contribution in [0.5, 0.6) is 0 Å². The summed E-state index contributed by atoms with van der Waals surface area (Å²) in [6.45, 7) is 0. The van der Waals surface area contributed by atoms with Crippen molar-refractivity contribution in [3.05, 3.63) is 48.3 Å². The standard InChI is InChI=1S/C22H21N7O2S/c30-19-4-2-1-3-16(19)25-21-20(12-5-7-15-18(9-12)28-32-27-15)29(22(31)26-21)13-6-8-14-17(10-13)24-11-23-14/h5-11,16,19-20,30H,1-4H2,(H,23,24)(H,25,26,31). The van der Waals surface area contributed by atoms with Crippen LogP contribution in [0.15, 0.2) is 47.7 Å². The number of carbonyl (C=O) groups excluding carboxylic acids is 1. The molecule has 2 aromatic heterocycles. The Hall–Kier alpha value is -3.37. The molecule has 2 amide bonds. The number of rotatable bonds is 3. The van der Waals surface area contributed by atoms with Crippen molar-refractivity contribution in [2.75, 3.05) is 4.90 Å². The Kier molecular flexibility index (Phi) is 4.62. The monoisotopic (exact) mass is 447 g/mol. The second-order valence-corrected chi connectivity index (χ2v) is 8.78. The number of imidazole rings is 1. The first-order valence-corrected chi connectivity index (χ1v) is 11.4. The number of aromatic nitrogens is 4. The fraction of sp³-hybridized carbons (Fsp3) is 0.318. The zero-order chi connectivity index (χ0) is 21.7. The summed E-state index contributed by atoms with van der Waals surface area (Å²) < 4.78 is 8.66. The highest BCUT2D eigenvalue weighted by atomic mass is 32.1. The predicted molar refractivity (Wildman–Crippen MR) is 123 cm³/mol. The van der Waals surface area contributed by atoms with E-state index < -0.39 is 12.1 Å². The quantitative estimate of drug-likeness (QED) is 0.444. The highest BCUT2D eigenvalue weighted by Crippen LogP contribution is 2.35. The van der Waals surface area contributed by atoms with Gasteiger partial charge in [0.2, 0.25) is 0 Å². The van der Waals surface area contributed by atoms with Crippen LogP contribution in [0.3, 0.4) is 0 Å². The van der Waals surface area contributed by atoms with Crippen LogP contribution in [-0.4, -0.2) is 47.8 Å². The van der Waals surface area contributed by atoms with E-state index in [0.29, 0.717) is 5.84 Å².